The van der Waals surface area contributed by atoms with Gasteiger partial charge in [-0.15, -0.1) is 0 Å². The maximum absolute atomic E-state index is 12.3. The number of ether oxygens (including phenoxy) is 2. The fourth-order valence-electron chi connectivity index (χ4n) is 2.30. The third-order valence-corrected chi connectivity index (χ3v) is 3.34. The Bertz CT molecular complexity index is 768. The predicted molar refractivity (Wildman–Crippen MR) is 88.2 cm³/mol. The van der Waals surface area contributed by atoms with Crippen molar-refractivity contribution in [3.05, 3.63) is 70.8 Å². The highest BCUT2D eigenvalue weighted by Crippen LogP contribution is 2.21. The van der Waals surface area contributed by atoms with E-state index >= 15 is 0 Å². The van der Waals surface area contributed by atoms with Crippen molar-refractivity contribution in [3.8, 4) is 0 Å². The normalized spacial score (nSPS) is 10.9. The van der Waals surface area contributed by atoms with Crippen molar-refractivity contribution >= 4 is 17.7 Å². The van der Waals surface area contributed by atoms with E-state index in [9.17, 15) is 9.59 Å². The van der Waals surface area contributed by atoms with Crippen LogP contribution >= 0.6 is 0 Å². The second kappa shape index (κ2) is 7.92. The molecule has 0 aliphatic heterocycles. The van der Waals surface area contributed by atoms with Crippen LogP contribution in [0.2, 0.25) is 0 Å². The van der Waals surface area contributed by atoms with Gasteiger partial charge in [0.1, 0.15) is 12.8 Å². The van der Waals surface area contributed by atoms with Crippen molar-refractivity contribution in [2.45, 2.75) is 0 Å². The SMILES string of the molecule is CON=C(c1ccccc1)c1cccc(C(=O)OC)c1C(=O)OC. The second-order valence-electron chi connectivity index (χ2n) is 4.70. The molecule has 0 aliphatic rings. The minimum atomic E-state index is -0.661. The zero-order valence-corrected chi connectivity index (χ0v) is 13.6. The Kier molecular flexibility index (Phi) is 5.68. The van der Waals surface area contributed by atoms with Crippen LogP contribution in [0.15, 0.2) is 53.7 Å². The quantitative estimate of drug-likeness (QED) is 0.479. The molecular formula is C18H17NO5. The number of methoxy groups -OCH3 is 2. The van der Waals surface area contributed by atoms with E-state index in [0.29, 0.717) is 11.3 Å². The van der Waals surface area contributed by atoms with E-state index < -0.39 is 11.9 Å². The van der Waals surface area contributed by atoms with Gasteiger partial charge in [-0.2, -0.15) is 0 Å². The van der Waals surface area contributed by atoms with Gasteiger partial charge in [0.25, 0.3) is 0 Å². The van der Waals surface area contributed by atoms with Gasteiger partial charge in [0, 0.05) is 11.1 Å². The first-order valence-corrected chi connectivity index (χ1v) is 7.10. The summed E-state index contributed by atoms with van der Waals surface area (Å²) in [7, 11) is 3.90. The Labute approximate surface area is 139 Å². The summed E-state index contributed by atoms with van der Waals surface area (Å²) in [5.41, 5.74) is 1.72. The molecule has 0 aromatic heterocycles. The highest BCUT2D eigenvalue weighted by atomic mass is 16.6. The highest BCUT2D eigenvalue weighted by molar-refractivity contribution is 6.19. The summed E-state index contributed by atoms with van der Waals surface area (Å²) in [6.07, 6.45) is 0. The number of hydrogen-bond acceptors (Lipinski definition) is 6. The number of rotatable bonds is 5. The van der Waals surface area contributed by atoms with E-state index in [1.807, 2.05) is 30.3 Å². The van der Waals surface area contributed by atoms with Crippen LogP contribution in [0.1, 0.15) is 31.8 Å². The molecule has 0 spiro atoms. The van der Waals surface area contributed by atoms with Crippen LogP contribution in [0.25, 0.3) is 0 Å². The van der Waals surface area contributed by atoms with Gasteiger partial charge >= 0.3 is 11.9 Å². The number of carbonyl (C=O) groups is 2. The molecule has 0 bridgehead atoms. The van der Waals surface area contributed by atoms with Crippen LogP contribution in [0.3, 0.4) is 0 Å². The largest absolute Gasteiger partial charge is 0.465 e. The molecule has 2 rings (SSSR count). The average Bonchev–Trinajstić information content (AvgIpc) is 2.65. The third kappa shape index (κ3) is 3.43. The summed E-state index contributed by atoms with van der Waals surface area (Å²) in [5, 5.41) is 4.03. The van der Waals surface area contributed by atoms with Gasteiger partial charge in [-0.3, -0.25) is 0 Å². The Morgan fingerprint density at radius 1 is 0.792 bits per heavy atom. The van der Waals surface area contributed by atoms with Gasteiger partial charge in [0.2, 0.25) is 0 Å². The van der Waals surface area contributed by atoms with Crippen LogP contribution in [0, 0.1) is 0 Å². The molecule has 6 heteroatoms. The number of benzene rings is 2. The summed E-state index contributed by atoms with van der Waals surface area (Å²) in [5.74, 6) is -1.30. The minimum Gasteiger partial charge on any atom is -0.465 e. The standard InChI is InChI=1S/C18H17NO5/c1-22-17(20)14-11-7-10-13(15(14)18(21)23-2)16(19-24-3)12-8-5-4-6-9-12/h4-11H,1-3H3. The Balaban J connectivity index is 2.74. The lowest BCUT2D eigenvalue weighted by Crippen LogP contribution is -2.18. The lowest BCUT2D eigenvalue weighted by molar-refractivity contribution is 0.0555. The smallest absolute Gasteiger partial charge is 0.339 e. The molecule has 124 valence electrons. The average molecular weight is 327 g/mol. The molecule has 24 heavy (non-hydrogen) atoms. The van der Waals surface area contributed by atoms with Crippen molar-refractivity contribution in [1.82, 2.24) is 0 Å². The molecule has 0 N–H and O–H groups in total. The summed E-state index contributed by atoms with van der Waals surface area (Å²) < 4.78 is 9.59. The third-order valence-electron chi connectivity index (χ3n) is 3.34. The van der Waals surface area contributed by atoms with Crippen molar-refractivity contribution in [1.29, 1.82) is 0 Å². The molecule has 0 unspecified atom stereocenters. The van der Waals surface area contributed by atoms with Crippen LogP contribution < -0.4 is 0 Å². The maximum atomic E-state index is 12.3. The molecular weight excluding hydrogens is 310 g/mol. The molecule has 0 aliphatic carbocycles. The minimum absolute atomic E-state index is 0.0755. The zero-order valence-electron chi connectivity index (χ0n) is 13.6. The van der Waals surface area contributed by atoms with Gasteiger partial charge < -0.3 is 14.3 Å². The molecule has 0 saturated heterocycles. The van der Waals surface area contributed by atoms with E-state index in [0.717, 1.165) is 5.56 Å². The fraction of sp³-hybridized carbons (Fsp3) is 0.167. The lowest BCUT2D eigenvalue weighted by atomic mass is 9.94. The van der Waals surface area contributed by atoms with E-state index in [-0.39, 0.29) is 11.1 Å². The Hall–Kier alpha value is -3.15. The summed E-state index contributed by atoms with van der Waals surface area (Å²) >= 11 is 0. The number of hydrogen-bond donors (Lipinski definition) is 0. The number of nitrogens with zero attached hydrogens (tertiary/aromatic N) is 1. The molecule has 0 radical (unpaired) electrons. The van der Waals surface area contributed by atoms with Gasteiger partial charge in [0.15, 0.2) is 0 Å². The zero-order chi connectivity index (χ0) is 17.5. The molecule has 6 nitrogen and oxygen atoms in total. The predicted octanol–water partition coefficient (Wildman–Crippen LogP) is 2.66. The first-order valence-electron chi connectivity index (χ1n) is 7.10. The fourth-order valence-corrected chi connectivity index (χ4v) is 2.30. The molecule has 2 aromatic carbocycles. The van der Waals surface area contributed by atoms with Gasteiger partial charge in [-0.1, -0.05) is 47.6 Å². The van der Waals surface area contributed by atoms with E-state index in [1.54, 1.807) is 12.1 Å². The summed E-state index contributed by atoms with van der Waals surface area (Å²) in [6, 6.07) is 14.0. The highest BCUT2D eigenvalue weighted by Gasteiger charge is 2.25. The molecule has 0 atom stereocenters. The number of oxime groups is 1. The van der Waals surface area contributed by atoms with Gasteiger partial charge in [0.05, 0.1) is 25.3 Å². The Morgan fingerprint density at radius 2 is 1.42 bits per heavy atom. The van der Waals surface area contributed by atoms with Crippen LogP contribution in [0.4, 0.5) is 0 Å². The molecule has 0 fully saturated rings. The summed E-state index contributed by atoms with van der Waals surface area (Å²) in [4.78, 5) is 29.2. The number of carbonyl (C=O) groups excluding carboxylic acids is 2. The number of esters is 2. The Morgan fingerprint density at radius 3 is 2.00 bits per heavy atom. The molecule has 2 aromatic rings. The van der Waals surface area contributed by atoms with Crippen molar-refractivity contribution in [2.24, 2.45) is 5.16 Å². The first kappa shape index (κ1) is 17.2. The van der Waals surface area contributed by atoms with Crippen molar-refractivity contribution in [2.75, 3.05) is 21.3 Å². The summed E-state index contributed by atoms with van der Waals surface area (Å²) in [6.45, 7) is 0. The van der Waals surface area contributed by atoms with E-state index in [1.165, 1.54) is 27.4 Å². The maximum Gasteiger partial charge on any atom is 0.339 e. The van der Waals surface area contributed by atoms with Crippen molar-refractivity contribution < 1.29 is 23.9 Å². The van der Waals surface area contributed by atoms with Crippen LogP contribution in [0.5, 0.6) is 0 Å². The second-order valence-corrected chi connectivity index (χ2v) is 4.70. The van der Waals surface area contributed by atoms with E-state index in [2.05, 4.69) is 5.16 Å². The molecule has 0 heterocycles. The van der Waals surface area contributed by atoms with Crippen LogP contribution in [-0.2, 0) is 14.3 Å². The topological polar surface area (TPSA) is 74.2 Å². The van der Waals surface area contributed by atoms with Crippen LogP contribution in [-0.4, -0.2) is 39.0 Å². The molecule has 0 saturated carbocycles. The molecule has 0 amide bonds. The van der Waals surface area contributed by atoms with Crippen molar-refractivity contribution in [3.63, 3.8) is 0 Å². The van der Waals surface area contributed by atoms with E-state index in [4.69, 9.17) is 14.3 Å². The van der Waals surface area contributed by atoms with Gasteiger partial charge in [-0.05, 0) is 6.07 Å². The monoisotopic (exact) mass is 327 g/mol. The van der Waals surface area contributed by atoms with Gasteiger partial charge in [-0.25, -0.2) is 9.59 Å². The first-order chi connectivity index (χ1) is 11.6. The lowest BCUT2D eigenvalue weighted by Gasteiger charge is -2.13.